The Bertz CT molecular complexity index is 1070. The predicted molar refractivity (Wildman–Crippen MR) is 119 cm³/mol. The van der Waals surface area contributed by atoms with Gasteiger partial charge in [0.05, 0.1) is 19.8 Å². The van der Waals surface area contributed by atoms with Crippen molar-refractivity contribution in [1.29, 1.82) is 0 Å². The van der Waals surface area contributed by atoms with Crippen molar-refractivity contribution in [1.82, 2.24) is 15.0 Å². The largest absolute Gasteiger partial charge is 0.496 e. The number of anilines is 1. The maximum absolute atomic E-state index is 12.3. The third-order valence-electron chi connectivity index (χ3n) is 4.76. The van der Waals surface area contributed by atoms with Gasteiger partial charge in [-0.25, -0.2) is 0 Å². The van der Waals surface area contributed by atoms with Crippen LogP contribution in [0.15, 0.2) is 42.5 Å². The maximum Gasteiger partial charge on any atom is 0.387 e. The zero-order valence-corrected chi connectivity index (χ0v) is 18.8. The fraction of sp³-hybridized carbons (Fsp3) is 0.348. The highest BCUT2D eigenvalue weighted by atomic mass is 19.3. The Balaban J connectivity index is 1.76. The second-order valence-corrected chi connectivity index (χ2v) is 7.64. The van der Waals surface area contributed by atoms with Crippen LogP contribution < -0.4 is 19.5 Å². The van der Waals surface area contributed by atoms with Gasteiger partial charge in [0.15, 0.2) is 5.82 Å². The third kappa shape index (κ3) is 6.48. The number of hydrogen-bond acceptors (Lipinski definition) is 8. The topological polar surface area (TPSA) is 98.6 Å². The number of nitrogens with one attached hydrogen (secondary N) is 1. The molecule has 8 nitrogen and oxygen atoms in total. The molecule has 3 rings (SSSR count). The molecule has 0 spiro atoms. The van der Waals surface area contributed by atoms with Gasteiger partial charge in [0, 0.05) is 17.7 Å². The van der Waals surface area contributed by atoms with Crippen LogP contribution in [0.2, 0.25) is 0 Å². The van der Waals surface area contributed by atoms with Gasteiger partial charge in [-0.3, -0.25) is 0 Å². The summed E-state index contributed by atoms with van der Waals surface area (Å²) in [6.07, 6.45) is 0.601. The van der Waals surface area contributed by atoms with Crippen molar-refractivity contribution in [2.24, 2.45) is 0 Å². The number of halogens is 2. The van der Waals surface area contributed by atoms with Crippen LogP contribution in [0.4, 0.5) is 14.7 Å². The second-order valence-electron chi connectivity index (χ2n) is 7.64. The van der Waals surface area contributed by atoms with E-state index in [4.69, 9.17) is 9.47 Å². The Labute approximate surface area is 190 Å². The van der Waals surface area contributed by atoms with Crippen molar-refractivity contribution in [3.63, 3.8) is 0 Å². The third-order valence-corrected chi connectivity index (χ3v) is 4.76. The van der Waals surface area contributed by atoms with Crippen LogP contribution >= 0.6 is 0 Å². The summed E-state index contributed by atoms with van der Waals surface area (Å²) in [6, 6.07) is 11.9. The second kappa shape index (κ2) is 10.4. The SMILES string of the molecule is COc1nc(NCCc2ccc(OC(F)F)cc2)nc(-c2ccc(OC)c(C(C)(C)O)c2)n1. The molecule has 0 unspecified atom stereocenters. The van der Waals surface area contributed by atoms with Gasteiger partial charge in [-0.15, -0.1) is 0 Å². The first-order valence-corrected chi connectivity index (χ1v) is 10.2. The van der Waals surface area contributed by atoms with E-state index in [0.717, 1.165) is 5.56 Å². The normalized spacial score (nSPS) is 11.4. The summed E-state index contributed by atoms with van der Waals surface area (Å²) < 4.78 is 39.5. The zero-order chi connectivity index (χ0) is 24.0. The Kier molecular flexibility index (Phi) is 7.59. The molecule has 10 heteroatoms. The van der Waals surface area contributed by atoms with Gasteiger partial charge in [-0.1, -0.05) is 12.1 Å². The summed E-state index contributed by atoms with van der Waals surface area (Å²) in [5.74, 6) is 1.34. The summed E-state index contributed by atoms with van der Waals surface area (Å²) in [5.41, 5.74) is 1.05. The molecule has 176 valence electrons. The van der Waals surface area contributed by atoms with E-state index < -0.39 is 12.2 Å². The number of benzene rings is 2. The highest BCUT2D eigenvalue weighted by molar-refractivity contribution is 5.61. The van der Waals surface area contributed by atoms with E-state index in [2.05, 4.69) is 25.0 Å². The van der Waals surface area contributed by atoms with E-state index >= 15 is 0 Å². The van der Waals surface area contributed by atoms with Gasteiger partial charge >= 0.3 is 12.6 Å². The molecule has 1 heterocycles. The lowest BCUT2D eigenvalue weighted by Crippen LogP contribution is -2.17. The van der Waals surface area contributed by atoms with Crippen LogP contribution in [0.5, 0.6) is 17.5 Å². The Morgan fingerprint density at radius 2 is 1.73 bits per heavy atom. The molecule has 2 aromatic carbocycles. The lowest BCUT2D eigenvalue weighted by atomic mass is 9.95. The van der Waals surface area contributed by atoms with Crippen LogP contribution in [0, 0.1) is 0 Å². The molecule has 0 aliphatic carbocycles. The van der Waals surface area contributed by atoms with Crippen molar-refractivity contribution in [3.8, 4) is 28.9 Å². The summed E-state index contributed by atoms with van der Waals surface area (Å²) in [7, 11) is 3.00. The van der Waals surface area contributed by atoms with Crippen LogP contribution in [0.3, 0.4) is 0 Å². The molecule has 33 heavy (non-hydrogen) atoms. The maximum atomic E-state index is 12.3. The molecule has 0 amide bonds. The minimum Gasteiger partial charge on any atom is -0.496 e. The molecule has 0 radical (unpaired) electrons. The molecule has 0 fully saturated rings. The molecule has 1 aromatic heterocycles. The van der Waals surface area contributed by atoms with Crippen molar-refractivity contribution >= 4 is 5.95 Å². The van der Waals surface area contributed by atoms with Crippen molar-refractivity contribution in [3.05, 3.63) is 53.6 Å². The quantitative estimate of drug-likeness (QED) is 0.468. The van der Waals surface area contributed by atoms with Crippen molar-refractivity contribution in [2.45, 2.75) is 32.5 Å². The van der Waals surface area contributed by atoms with E-state index in [1.165, 1.54) is 26.4 Å². The molecule has 0 atom stereocenters. The lowest BCUT2D eigenvalue weighted by Gasteiger charge is -2.21. The molecular weight excluding hydrogens is 434 g/mol. The molecule has 3 aromatic rings. The highest BCUT2D eigenvalue weighted by Crippen LogP contribution is 2.33. The summed E-state index contributed by atoms with van der Waals surface area (Å²) in [5, 5.41) is 13.6. The van der Waals surface area contributed by atoms with Gasteiger partial charge in [0.2, 0.25) is 5.95 Å². The van der Waals surface area contributed by atoms with Crippen molar-refractivity contribution < 1.29 is 28.1 Å². The predicted octanol–water partition coefficient (Wildman–Crippen LogP) is 4.04. The van der Waals surface area contributed by atoms with E-state index in [9.17, 15) is 13.9 Å². The number of methoxy groups -OCH3 is 2. The first-order chi connectivity index (χ1) is 15.7. The average molecular weight is 460 g/mol. The first kappa shape index (κ1) is 24.1. The minimum absolute atomic E-state index is 0.110. The van der Waals surface area contributed by atoms with Gasteiger partial charge in [-0.2, -0.15) is 23.7 Å². The number of hydrogen-bond donors (Lipinski definition) is 2. The Hall–Kier alpha value is -3.53. The van der Waals surface area contributed by atoms with E-state index in [1.807, 2.05) is 0 Å². The molecule has 2 N–H and O–H groups in total. The lowest BCUT2D eigenvalue weighted by molar-refractivity contribution is -0.0498. The molecule has 0 saturated heterocycles. The summed E-state index contributed by atoms with van der Waals surface area (Å²) >= 11 is 0. The van der Waals surface area contributed by atoms with Crippen LogP contribution in [0.1, 0.15) is 25.0 Å². The first-order valence-electron chi connectivity index (χ1n) is 10.2. The van der Waals surface area contributed by atoms with Crippen LogP contribution in [-0.4, -0.2) is 47.4 Å². The van der Waals surface area contributed by atoms with Gasteiger partial charge in [-0.05, 0) is 56.2 Å². The fourth-order valence-electron chi connectivity index (χ4n) is 3.14. The monoisotopic (exact) mass is 460 g/mol. The number of aromatic nitrogens is 3. The smallest absolute Gasteiger partial charge is 0.387 e. The number of ether oxygens (including phenoxy) is 3. The van der Waals surface area contributed by atoms with E-state index in [-0.39, 0.29) is 11.8 Å². The number of rotatable bonds is 10. The number of nitrogens with zero attached hydrogens (tertiary/aromatic N) is 3. The Morgan fingerprint density at radius 1 is 1.00 bits per heavy atom. The van der Waals surface area contributed by atoms with Gasteiger partial charge in [0.1, 0.15) is 11.5 Å². The fourth-order valence-corrected chi connectivity index (χ4v) is 3.14. The molecule has 0 aliphatic rings. The minimum atomic E-state index is -2.85. The molecular formula is C23H26F2N4O4. The van der Waals surface area contributed by atoms with Crippen LogP contribution in [-0.2, 0) is 12.0 Å². The van der Waals surface area contributed by atoms with Crippen molar-refractivity contribution in [2.75, 3.05) is 26.1 Å². The molecule has 0 aliphatic heterocycles. The number of alkyl halides is 2. The summed E-state index contributed by atoms with van der Waals surface area (Å²) in [4.78, 5) is 13.0. The van der Waals surface area contributed by atoms with Crippen LogP contribution in [0.25, 0.3) is 11.4 Å². The molecule has 0 bridgehead atoms. The summed E-state index contributed by atoms with van der Waals surface area (Å²) in [6.45, 7) is 0.971. The standard InChI is InChI=1S/C23H26F2N4O4/c1-23(2,30)17-13-15(7-10-18(17)31-3)19-27-21(29-22(28-19)32-4)26-12-11-14-5-8-16(9-6-14)33-20(24)25/h5-10,13,20,30H,11-12H2,1-4H3,(H,26,27,28,29). The van der Waals surface area contributed by atoms with E-state index in [1.54, 1.807) is 44.2 Å². The average Bonchev–Trinajstić information content (AvgIpc) is 2.78. The van der Waals surface area contributed by atoms with Gasteiger partial charge in [0.25, 0.3) is 0 Å². The molecule has 0 saturated carbocycles. The van der Waals surface area contributed by atoms with E-state index in [0.29, 0.717) is 41.6 Å². The number of aliphatic hydroxyl groups is 1. The Morgan fingerprint density at radius 3 is 2.33 bits per heavy atom. The highest BCUT2D eigenvalue weighted by Gasteiger charge is 2.22. The van der Waals surface area contributed by atoms with Gasteiger partial charge < -0.3 is 24.6 Å². The zero-order valence-electron chi connectivity index (χ0n) is 18.8.